The van der Waals surface area contributed by atoms with E-state index in [2.05, 4.69) is 15.1 Å². The summed E-state index contributed by atoms with van der Waals surface area (Å²) in [5.74, 6) is -0.959. The van der Waals surface area contributed by atoms with Gasteiger partial charge in [-0.15, -0.1) is 0 Å². The van der Waals surface area contributed by atoms with Gasteiger partial charge < -0.3 is 5.73 Å². The van der Waals surface area contributed by atoms with Crippen molar-refractivity contribution in [1.82, 2.24) is 19.7 Å². The molecule has 0 bridgehead atoms. The smallest absolute Gasteiger partial charge is 0.260 e. The number of carbonyl (C=O) groups excluding carboxylic acids is 1. The van der Waals surface area contributed by atoms with E-state index in [0.717, 1.165) is 5.56 Å². The number of nitrogens with two attached hydrogens (primary N) is 1. The Morgan fingerprint density at radius 2 is 1.96 bits per heavy atom. The number of hydrogen-bond donors (Lipinski definition) is 2. The zero-order valence-electron chi connectivity index (χ0n) is 15.2. The topological polar surface area (TPSA) is 107 Å². The van der Waals surface area contributed by atoms with Crippen LogP contribution in [-0.4, -0.2) is 25.7 Å². The maximum atomic E-state index is 13.6. The zero-order chi connectivity index (χ0) is 20.0. The highest BCUT2D eigenvalue weighted by atomic mass is 19.1. The molecule has 0 unspecified atom stereocenters. The van der Waals surface area contributed by atoms with Gasteiger partial charge in [-0.2, -0.15) is 9.78 Å². The number of carbonyl (C=O) groups is 1. The van der Waals surface area contributed by atoms with Crippen molar-refractivity contribution >= 4 is 16.8 Å². The molecule has 0 aliphatic heterocycles. The number of halogens is 1. The molecular formula is C20H16FN5O2. The van der Waals surface area contributed by atoms with E-state index in [1.165, 1.54) is 22.9 Å². The van der Waals surface area contributed by atoms with Crippen molar-refractivity contribution in [1.29, 1.82) is 0 Å². The Balaban J connectivity index is 2.02. The fourth-order valence-corrected chi connectivity index (χ4v) is 3.25. The number of amides is 1. The average Bonchev–Trinajstić information content (AvgIpc) is 3.02. The van der Waals surface area contributed by atoms with Crippen molar-refractivity contribution in [3.63, 3.8) is 0 Å². The molecule has 4 rings (SSSR count). The van der Waals surface area contributed by atoms with Gasteiger partial charge in [-0.1, -0.05) is 12.1 Å². The fourth-order valence-electron chi connectivity index (χ4n) is 3.25. The summed E-state index contributed by atoms with van der Waals surface area (Å²) >= 11 is 0. The average molecular weight is 377 g/mol. The standard InChI is InChI=1S/C20H16FN5O2/c1-10-4-3-5-14(18(22)27)17(10)16-8-11(2)25-26(16)20-23-15-9-12(21)6-7-13(15)19(28)24-20/h3-9H,1-2H3,(H2,22,27)(H,23,24,28). The lowest BCUT2D eigenvalue weighted by Gasteiger charge is -2.12. The SMILES string of the molecule is Cc1cc(-c2c(C)cccc2C(N)=O)n(-c2nc3cc(F)ccc3c(=O)[nH]2)n1. The van der Waals surface area contributed by atoms with Crippen molar-refractivity contribution in [3.8, 4) is 17.2 Å². The van der Waals surface area contributed by atoms with Gasteiger partial charge in [0.15, 0.2) is 0 Å². The number of aromatic amines is 1. The van der Waals surface area contributed by atoms with Crippen LogP contribution in [0.25, 0.3) is 28.1 Å². The van der Waals surface area contributed by atoms with Gasteiger partial charge in [0, 0.05) is 17.2 Å². The Labute approximate surface area is 158 Å². The molecule has 0 atom stereocenters. The number of nitrogens with one attached hydrogen (secondary N) is 1. The van der Waals surface area contributed by atoms with Crippen molar-refractivity contribution in [2.75, 3.05) is 0 Å². The first-order valence-electron chi connectivity index (χ1n) is 8.51. The van der Waals surface area contributed by atoms with E-state index in [1.54, 1.807) is 25.1 Å². The summed E-state index contributed by atoms with van der Waals surface area (Å²) in [5, 5.41) is 4.68. The summed E-state index contributed by atoms with van der Waals surface area (Å²) in [6.07, 6.45) is 0. The summed E-state index contributed by atoms with van der Waals surface area (Å²) in [7, 11) is 0. The maximum absolute atomic E-state index is 13.6. The second kappa shape index (κ2) is 6.41. The highest BCUT2D eigenvalue weighted by Gasteiger charge is 2.19. The van der Waals surface area contributed by atoms with Crippen LogP contribution in [0.15, 0.2) is 47.3 Å². The highest BCUT2D eigenvalue weighted by Crippen LogP contribution is 2.29. The molecule has 2 aromatic carbocycles. The Morgan fingerprint density at radius 1 is 1.18 bits per heavy atom. The third-order valence-corrected chi connectivity index (χ3v) is 4.48. The number of rotatable bonds is 3. The van der Waals surface area contributed by atoms with Gasteiger partial charge in [0.25, 0.3) is 5.56 Å². The third-order valence-electron chi connectivity index (χ3n) is 4.48. The van der Waals surface area contributed by atoms with E-state index in [-0.39, 0.29) is 16.9 Å². The number of benzene rings is 2. The van der Waals surface area contributed by atoms with Gasteiger partial charge in [0.05, 0.1) is 22.3 Å². The molecule has 0 radical (unpaired) electrons. The number of hydrogen-bond acceptors (Lipinski definition) is 4. The number of nitrogens with zero attached hydrogens (tertiary/aromatic N) is 3. The van der Waals surface area contributed by atoms with E-state index in [0.29, 0.717) is 22.5 Å². The molecule has 28 heavy (non-hydrogen) atoms. The Morgan fingerprint density at radius 3 is 2.71 bits per heavy atom. The number of aryl methyl sites for hydroxylation is 2. The first kappa shape index (κ1) is 17.6. The summed E-state index contributed by atoms with van der Waals surface area (Å²) in [4.78, 5) is 31.4. The molecule has 2 heterocycles. The summed E-state index contributed by atoms with van der Waals surface area (Å²) in [6.45, 7) is 3.63. The molecule has 140 valence electrons. The normalized spacial score (nSPS) is 11.1. The minimum Gasteiger partial charge on any atom is -0.366 e. The Bertz CT molecular complexity index is 1310. The summed E-state index contributed by atoms with van der Waals surface area (Å²) in [6, 6.07) is 10.8. The molecule has 7 nitrogen and oxygen atoms in total. The van der Waals surface area contributed by atoms with Crippen LogP contribution < -0.4 is 11.3 Å². The third kappa shape index (κ3) is 2.84. The van der Waals surface area contributed by atoms with Gasteiger partial charge in [-0.3, -0.25) is 14.6 Å². The molecule has 2 aromatic heterocycles. The predicted octanol–water partition coefficient (Wildman–Crippen LogP) is 2.63. The van der Waals surface area contributed by atoms with Crippen LogP contribution >= 0.6 is 0 Å². The molecule has 0 saturated carbocycles. The first-order valence-corrected chi connectivity index (χ1v) is 8.51. The molecule has 3 N–H and O–H groups in total. The van der Waals surface area contributed by atoms with Gasteiger partial charge in [-0.05, 0) is 43.7 Å². The molecular weight excluding hydrogens is 361 g/mol. The molecule has 4 aromatic rings. The molecule has 0 aliphatic carbocycles. The summed E-state index contributed by atoms with van der Waals surface area (Å²) < 4.78 is 15.0. The molecule has 0 aliphatic rings. The second-order valence-electron chi connectivity index (χ2n) is 6.50. The lowest BCUT2D eigenvalue weighted by atomic mass is 9.98. The van der Waals surface area contributed by atoms with Crippen LogP contribution in [0.3, 0.4) is 0 Å². The van der Waals surface area contributed by atoms with Crippen LogP contribution in [0.1, 0.15) is 21.6 Å². The molecule has 0 spiro atoms. The van der Waals surface area contributed by atoms with Crippen molar-refractivity contribution in [2.24, 2.45) is 5.73 Å². The lowest BCUT2D eigenvalue weighted by molar-refractivity contribution is 0.100. The number of primary amides is 1. The monoisotopic (exact) mass is 377 g/mol. The van der Waals surface area contributed by atoms with Crippen molar-refractivity contribution in [3.05, 3.63) is 75.5 Å². The Hall–Kier alpha value is -3.81. The van der Waals surface area contributed by atoms with Crippen LogP contribution in [0.4, 0.5) is 4.39 Å². The second-order valence-corrected chi connectivity index (χ2v) is 6.50. The lowest BCUT2D eigenvalue weighted by Crippen LogP contribution is -2.17. The minimum atomic E-state index is -0.578. The van der Waals surface area contributed by atoms with Crippen molar-refractivity contribution in [2.45, 2.75) is 13.8 Å². The molecule has 0 fully saturated rings. The van der Waals surface area contributed by atoms with E-state index >= 15 is 0 Å². The predicted molar refractivity (Wildman–Crippen MR) is 103 cm³/mol. The fraction of sp³-hybridized carbons (Fsp3) is 0.100. The van der Waals surface area contributed by atoms with Crippen LogP contribution in [0.2, 0.25) is 0 Å². The van der Waals surface area contributed by atoms with Crippen LogP contribution in [-0.2, 0) is 0 Å². The number of fused-ring (bicyclic) bond motifs is 1. The quantitative estimate of drug-likeness (QED) is 0.572. The van der Waals surface area contributed by atoms with E-state index in [1.807, 2.05) is 13.0 Å². The number of H-pyrrole nitrogens is 1. The Kier molecular flexibility index (Phi) is 4.03. The minimum absolute atomic E-state index is 0.116. The summed E-state index contributed by atoms with van der Waals surface area (Å²) in [5.41, 5.74) is 8.27. The first-order chi connectivity index (χ1) is 13.3. The van der Waals surface area contributed by atoms with E-state index in [4.69, 9.17) is 5.73 Å². The van der Waals surface area contributed by atoms with Gasteiger partial charge in [0.2, 0.25) is 11.9 Å². The van der Waals surface area contributed by atoms with Gasteiger partial charge >= 0.3 is 0 Å². The van der Waals surface area contributed by atoms with Crippen molar-refractivity contribution < 1.29 is 9.18 Å². The van der Waals surface area contributed by atoms with Crippen LogP contribution in [0.5, 0.6) is 0 Å². The van der Waals surface area contributed by atoms with Crippen LogP contribution in [0, 0.1) is 19.7 Å². The van der Waals surface area contributed by atoms with Gasteiger partial charge in [-0.25, -0.2) is 9.37 Å². The maximum Gasteiger partial charge on any atom is 0.260 e. The highest BCUT2D eigenvalue weighted by molar-refractivity contribution is 6.00. The molecule has 1 amide bonds. The zero-order valence-corrected chi connectivity index (χ0v) is 15.2. The van der Waals surface area contributed by atoms with E-state index < -0.39 is 17.3 Å². The number of aromatic nitrogens is 4. The molecule has 0 saturated heterocycles. The molecule has 8 heteroatoms. The van der Waals surface area contributed by atoms with Gasteiger partial charge in [0.1, 0.15) is 5.82 Å². The largest absolute Gasteiger partial charge is 0.366 e. The van der Waals surface area contributed by atoms with E-state index in [9.17, 15) is 14.0 Å².